The van der Waals surface area contributed by atoms with Gasteiger partial charge >= 0.3 is 0 Å². The van der Waals surface area contributed by atoms with Gasteiger partial charge in [0.2, 0.25) is 0 Å². The molecule has 0 aliphatic heterocycles. The Morgan fingerprint density at radius 3 is 2.80 bits per heavy atom. The molecule has 0 saturated heterocycles. The van der Waals surface area contributed by atoms with Crippen LogP contribution in [0.4, 0.5) is 0 Å². The zero-order valence-electron chi connectivity index (χ0n) is 9.66. The fourth-order valence-electron chi connectivity index (χ4n) is 1.17. The molecule has 1 rings (SSSR count). The molecule has 4 heteroatoms. The summed E-state index contributed by atoms with van der Waals surface area (Å²) in [5.74, 6) is 0. The van der Waals surface area contributed by atoms with Crippen LogP contribution < -0.4 is 0 Å². The first kappa shape index (κ1) is 12.0. The summed E-state index contributed by atoms with van der Waals surface area (Å²) in [6, 6.07) is 6.94. The Morgan fingerprint density at radius 1 is 1.47 bits per heavy atom. The van der Waals surface area contributed by atoms with Crippen molar-refractivity contribution in [3.63, 3.8) is 0 Å². The van der Waals surface area contributed by atoms with Gasteiger partial charge in [0.25, 0.3) is 0 Å². The summed E-state index contributed by atoms with van der Waals surface area (Å²) in [5.41, 5.74) is 0.656. The second kappa shape index (κ2) is 5.15. The van der Waals surface area contributed by atoms with Crippen molar-refractivity contribution in [3.05, 3.63) is 24.0 Å². The highest BCUT2D eigenvalue weighted by molar-refractivity contribution is 6.76. The monoisotopic (exact) mass is 222 g/mol. The molecule has 1 aromatic rings. The highest BCUT2D eigenvalue weighted by Crippen LogP contribution is 2.08. The van der Waals surface area contributed by atoms with E-state index in [2.05, 4.69) is 25.7 Å². The molecule has 0 atom stereocenters. The first-order valence-electron chi connectivity index (χ1n) is 5.16. The summed E-state index contributed by atoms with van der Waals surface area (Å²) < 4.78 is 7.37. The Hall–Kier alpha value is -1.05. The zero-order valence-corrected chi connectivity index (χ0v) is 10.7. The lowest BCUT2D eigenvalue weighted by Crippen LogP contribution is -2.22. The number of hydrogen-bond acceptors (Lipinski definition) is 2. The van der Waals surface area contributed by atoms with Gasteiger partial charge in [0.05, 0.1) is 0 Å². The Labute approximate surface area is 92.3 Å². The number of ether oxygens (including phenoxy) is 1. The summed E-state index contributed by atoms with van der Waals surface area (Å²) in [6.07, 6.45) is 1.87. The van der Waals surface area contributed by atoms with Gasteiger partial charge in [-0.05, 0) is 18.2 Å². The highest BCUT2D eigenvalue weighted by atomic mass is 28.3. The van der Waals surface area contributed by atoms with Gasteiger partial charge in [-0.15, -0.1) is 0 Å². The van der Waals surface area contributed by atoms with E-state index >= 15 is 0 Å². The van der Waals surface area contributed by atoms with Gasteiger partial charge < -0.3 is 9.30 Å². The third kappa shape index (κ3) is 4.32. The molecule has 82 valence electrons. The van der Waals surface area contributed by atoms with Crippen molar-refractivity contribution in [1.82, 2.24) is 4.57 Å². The SMILES string of the molecule is C[Si](C)(C)CCOCn1cccc1C#N. The van der Waals surface area contributed by atoms with Crippen LogP contribution in [0.1, 0.15) is 5.69 Å². The quantitative estimate of drug-likeness (QED) is 0.567. The predicted octanol–water partition coefficient (Wildman–Crippen LogP) is 2.67. The summed E-state index contributed by atoms with van der Waals surface area (Å²) >= 11 is 0. The van der Waals surface area contributed by atoms with Crippen molar-refractivity contribution in [2.45, 2.75) is 32.4 Å². The van der Waals surface area contributed by atoms with Crippen molar-refractivity contribution >= 4 is 8.07 Å². The van der Waals surface area contributed by atoms with Gasteiger partial charge in [0.1, 0.15) is 18.5 Å². The van der Waals surface area contributed by atoms with E-state index in [-0.39, 0.29) is 0 Å². The van der Waals surface area contributed by atoms with Gasteiger partial charge in [-0.25, -0.2) is 0 Å². The van der Waals surface area contributed by atoms with Crippen molar-refractivity contribution in [2.75, 3.05) is 6.61 Å². The molecule has 1 heterocycles. The fraction of sp³-hybridized carbons (Fsp3) is 0.545. The fourth-order valence-corrected chi connectivity index (χ4v) is 1.93. The normalized spacial score (nSPS) is 11.3. The molecule has 0 spiro atoms. The molecule has 15 heavy (non-hydrogen) atoms. The summed E-state index contributed by atoms with van der Waals surface area (Å²) in [5, 5.41) is 8.77. The Balaban J connectivity index is 2.30. The molecule has 0 aliphatic rings. The highest BCUT2D eigenvalue weighted by Gasteiger charge is 2.12. The number of nitrogens with zero attached hydrogens (tertiary/aromatic N) is 2. The summed E-state index contributed by atoms with van der Waals surface area (Å²) in [4.78, 5) is 0. The van der Waals surface area contributed by atoms with E-state index in [1.165, 1.54) is 0 Å². The van der Waals surface area contributed by atoms with E-state index in [4.69, 9.17) is 10.00 Å². The van der Waals surface area contributed by atoms with Crippen LogP contribution in [0.5, 0.6) is 0 Å². The molecule has 3 nitrogen and oxygen atoms in total. The molecule has 0 unspecified atom stereocenters. The van der Waals surface area contributed by atoms with Crippen molar-refractivity contribution in [1.29, 1.82) is 5.26 Å². The van der Waals surface area contributed by atoms with Crippen LogP contribution in [0.3, 0.4) is 0 Å². The van der Waals surface area contributed by atoms with Crippen LogP contribution in [-0.4, -0.2) is 19.2 Å². The lowest BCUT2D eigenvalue weighted by Gasteiger charge is -2.15. The predicted molar refractivity (Wildman–Crippen MR) is 63.3 cm³/mol. The summed E-state index contributed by atoms with van der Waals surface area (Å²) in [7, 11) is -1.00. The molecular formula is C11H18N2OSi. The first-order valence-corrected chi connectivity index (χ1v) is 8.86. The Kier molecular flexibility index (Phi) is 4.12. The molecule has 0 fully saturated rings. The Bertz CT molecular complexity index is 346. The van der Waals surface area contributed by atoms with Crippen LogP contribution >= 0.6 is 0 Å². The topological polar surface area (TPSA) is 38.0 Å². The van der Waals surface area contributed by atoms with Crippen molar-refractivity contribution in [2.24, 2.45) is 0 Å². The number of nitriles is 1. The smallest absolute Gasteiger partial charge is 0.123 e. The Morgan fingerprint density at radius 2 is 2.20 bits per heavy atom. The maximum absolute atomic E-state index is 8.77. The van der Waals surface area contributed by atoms with Crippen LogP contribution in [0.15, 0.2) is 18.3 Å². The molecular weight excluding hydrogens is 204 g/mol. The molecule has 0 aromatic carbocycles. The maximum Gasteiger partial charge on any atom is 0.123 e. The van der Waals surface area contributed by atoms with E-state index in [9.17, 15) is 0 Å². The van der Waals surface area contributed by atoms with Crippen molar-refractivity contribution < 1.29 is 4.74 Å². The second-order valence-electron chi connectivity index (χ2n) is 4.82. The molecule has 0 saturated carbocycles. The lowest BCUT2D eigenvalue weighted by atomic mass is 10.5. The molecule has 0 amide bonds. The number of aromatic nitrogens is 1. The van der Waals surface area contributed by atoms with E-state index in [0.29, 0.717) is 12.4 Å². The molecule has 1 aromatic heterocycles. The van der Waals surface area contributed by atoms with Crippen molar-refractivity contribution in [3.8, 4) is 6.07 Å². The van der Waals surface area contributed by atoms with Gasteiger partial charge in [0, 0.05) is 20.9 Å². The minimum atomic E-state index is -1.00. The zero-order chi connectivity index (χ0) is 11.3. The van der Waals surface area contributed by atoms with E-state index in [0.717, 1.165) is 12.7 Å². The van der Waals surface area contributed by atoms with Gasteiger partial charge in [-0.2, -0.15) is 5.26 Å². The van der Waals surface area contributed by atoms with Crippen LogP contribution in [0, 0.1) is 11.3 Å². The molecule has 0 radical (unpaired) electrons. The average Bonchev–Trinajstić information content (AvgIpc) is 2.58. The maximum atomic E-state index is 8.77. The molecule has 0 bridgehead atoms. The van der Waals surface area contributed by atoms with Crippen LogP contribution in [0.25, 0.3) is 0 Å². The largest absolute Gasteiger partial charge is 0.361 e. The van der Waals surface area contributed by atoms with Crippen LogP contribution in [0.2, 0.25) is 25.7 Å². The van der Waals surface area contributed by atoms with Gasteiger partial charge in [-0.1, -0.05) is 19.6 Å². The molecule has 0 aliphatic carbocycles. The van der Waals surface area contributed by atoms with E-state index in [1.54, 1.807) is 6.07 Å². The number of hydrogen-bond donors (Lipinski definition) is 0. The third-order valence-electron chi connectivity index (χ3n) is 2.17. The standard InChI is InChI=1S/C11H18N2OSi/c1-15(2,3)8-7-14-10-13-6-4-5-11(13)9-12/h4-6H,7-8,10H2,1-3H3. The molecule has 0 N–H and O–H groups in total. The third-order valence-corrected chi connectivity index (χ3v) is 3.87. The minimum Gasteiger partial charge on any atom is -0.361 e. The lowest BCUT2D eigenvalue weighted by molar-refractivity contribution is 0.0869. The number of rotatable bonds is 5. The second-order valence-corrected chi connectivity index (χ2v) is 10.4. The first-order chi connectivity index (χ1) is 7.03. The van der Waals surface area contributed by atoms with Gasteiger partial charge in [0.15, 0.2) is 0 Å². The van der Waals surface area contributed by atoms with E-state index < -0.39 is 8.07 Å². The summed E-state index contributed by atoms with van der Waals surface area (Å²) in [6.45, 7) is 8.26. The van der Waals surface area contributed by atoms with Gasteiger partial charge in [-0.3, -0.25) is 0 Å². The average molecular weight is 222 g/mol. The van der Waals surface area contributed by atoms with E-state index in [1.807, 2.05) is 16.8 Å². The minimum absolute atomic E-state index is 0.486. The van der Waals surface area contributed by atoms with Crippen LogP contribution in [-0.2, 0) is 11.5 Å².